The molecule has 0 bridgehead atoms. The molecule has 1 aliphatic heterocycles. The molecule has 1 saturated heterocycles. The molecule has 2 heterocycles. The first-order valence-corrected chi connectivity index (χ1v) is 9.87. The van der Waals surface area contributed by atoms with Crippen LogP contribution in [0.4, 0.5) is 0 Å². The minimum atomic E-state index is 0.131. The molecule has 0 unspecified atom stereocenters. The van der Waals surface area contributed by atoms with Crippen LogP contribution in [0, 0.1) is 5.92 Å². The van der Waals surface area contributed by atoms with Crippen LogP contribution in [0.3, 0.4) is 0 Å². The van der Waals surface area contributed by atoms with Gasteiger partial charge in [-0.1, -0.05) is 30.3 Å². The minimum absolute atomic E-state index is 0.131. The van der Waals surface area contributed by atoms with E-state index >= 15 is 0 Å². The normalized spacial score (nSPS) is 15.0. The molecule has 3 rings (SSSR count). The number of aromatic nitrogens is 2. The fourth-order valence-electron chi connectivity index (χ4n) is 3.33. The first-order valence-electron chi connectivity index (χ1n) is 9.87. The van der Waals surface area contributed by atoms with Crippen LogP contribution in [0.5, 0.6) is 0 Å². The van der Waals surface area contributed by atoms with Crippen LogP contribution in [0.25, 0.3) is 0 Å². The summed E-state index contributed by atoms with van der Waals surface area (Å²) in [5.74, 6) is 1.99. The molecule has 1 aromatic carbocycles. The number of carbonyl (C=O) groups is 1. The lowest BCUT2D eigenvalue weighted by molar-refractivity contribution is -0.130. The van der Waals surface area contributed by atoms with Crippen molar-refractivity contribution in [2.75, 3.05) is 26.8 Å². The second-order valence-corrected chi connectivity index (χ2v) is 7.23. The largest absolute Gasteiger partial charge is 0.425 e. The fourth-order valence-corrected chi connectivity index (χ4v) is 3.33. The van der Waals surface area contributed by atoms with Crippen molar-refractivity contribution >= 4 is 5.91 Å². The first kappa shape index (κ1) is 19.5. The topological polar surface area (TPSA) is 68.5 Å². The predicted molar refractivity (Wildman–Crippen MR) is 102 cm³/mol. The van der Waals surface area contributed by atoms with Gasteiger partial charge in [0.1, 0.15) is 0 Å². The van der Waals surface area contributed by atoms with Gasteiger partial charge in [0.2, 0.25) is 17.7 Å². The summed E-state index contributed by atoms with van der Waals surface area (Å²) in [5.41, 5.74) is 1.25. The van der Waals surface area contributed by atoms with Crippen molar-refractivity contribution in [1.29, 1.82) is 0 Å². The van der Waals surface area contributed by atoms with Gasteiger partial charge in [0.15, 0.2) is 0 Å². The highest BCUT2D eigenvalue weighted by molar-refractivity contribution is 5.75. The molecule has 0 radical (unpaired) electrons. The van der Waals surface area contributed by atoms with E-state index in [4.69, 9.17) is 9.15 Å². The third-order valence-corrected chi connectivity index (χ3v) is 5.17. The van der Waals surface area contributed by atoms with E-state index in [1.807, 2.05) is 30.1 Å². The van der Waals surface area contributed by atoms with Crippen LogP contribution in [-0.2, 0) is 28.8 Å². The number of carbonyl (C=O) groups excluding carboxylic acids is 1. The Morgan fingerprint density at radius 3 is 2.52 bits per heavy atom. The predicted octanol–water partition coefficient (Wildman–Crippen LogP) is 3.06. The zero-order chi connectivity index (χ0) is 18.9. The van der Waals surface area contributed by atoms with Gasteiger partial charge in [-0.25, -0.2) is 0 Å². The van der Waals surface area contributed by atoms with Gasteiger partial charge in [-0.15, -0.1) is 10.2 Å². The van der Waals surface area contributed by atoms with E-state index in [2.05, 4.69) is 22.3 Å². The highest BCUT2D eigenvalue weighted by Crippen LogP contribution is 2.18. The molecule has 0 N–H and O–H groups in total. The van der Waals surface area contributed by atoms with E-state index in [9.17, 15) is 4.79 Å². The molecule has 6 heteroatoms. The average molecular weight is 371 g/mol. The van der Waals surface area contributed by atoms with Gasteiger partial charge in [0, 0.05) is 46.1 Å². The first-order chi connectivity index (χ1) is 13.2. The van der Waals surface area contributed by atoms with Gasteiger partial charge in [-0.3, -0.25) is 4.79 Å². The van der Waals surface area contributed by atoms with Crippen molar-refractivity contribution in [3.8, 4) is 0 Å². The van der Waals surface area contributed by atoms with Gasteiger partial charge >= 0.3 is 0 Å². The summed E-state index contributed by atoms with van der Waals surface area (Å²) < 4.78 is 11.1. The highest BCUT2D eigenvalue weighted by Gasteiger charge is 2.17. The lowest BCUT2D eigenvalue weighted by Gasteiger charge is -2.24. The van der Waals surface area contributed by atoms with Crippen LogP contribution >= 0.6 is 0 Å². The summed E-state index contributed by atoms with van der Waals surface area (Å²) in [6, 6.07) is 10.2. The van der Waals surface area contributed by atoms with Gasteiger partial charge in [0.05, 0.1) is 0 Å². The van der Waals surface area contributed by atoms with E-state index in [-0.39, 0.29) is 5.91 Å². The number of benzene rings is 1. The van der Waals surface area contributed by atoms with Crippen molar-refractivity contribution < 1.29 is 13.9 Å². The second-order valence-electron chi connectivity index (χ2n) is 7.23. The Balaban J connectivity index is 1.36. The maximum Gasteiger partial charge on any atom is 0.222 e. The maximum absolute atomic E-state index is 12.3. The molecular weight excluding hydrogens is 342 g/mol. The Bertz CT molecular complexity index is 696. The Hall–Kier alpha value is -2.21. The standard InChI is InChI=1S/C21H29N3O3/c1-24(14-11-18-12-15-26-16-13-18)21(25)10-9-20-23-22-19(27-20)8-7-17-5-3-2-4-6-17/h2-6,18H,7-16H2,1H3. The van der Waals surface area contributed by atoms with Crippen LogP contribution in [-0.4, -0.2) is 47.8 Å². The third-order valence-electron chi connectivity index (χ3n) is 5.17. The van der Waals surface area contributed by atoms with Gasteiger partial charge in [-0.05, 0) is 37.2 Å². The number of ether oxygens (including phenoxy) is 1. The lowest BCUT2D eigenvalue weighted by atomic mass is 9.96. The molecule has 2 aromatic rings. The summed E-state index contributed by atoms with van der Waals surface area (Å²) in [6.45, 7) is 2.51. The van der Waals surface area contributed by atoms with Gasteiger partial charge in [-0.2, -0.15) is 0 Å². The van der Waals surface area contributed by atoms with Crippen molar-refractivity contribution in [2.24, 2.45) is 5.92 Å². The second kappa shape index (κ2) is 10.2. The van der Waals surface area contributed by atoms with E-state index in [1.165, 1.54) is 5.56 Å². The number of hydrogen-bond acceptors (Lipinski definition) is 5. The number of hydrogen-bond donors (Lipinski definition) is 0. The summed E-state index contributed by atoms with van der Waals surface area (Å²) in [4.78, 5) is 14.1. The van der Waals surface area contributed by atoms with Crippen LogP contribution in [0.2, 0.25) is 0 Å². The zero-order valence-electron chi connectivity index (χ0n) is 16.1. The molecule has 0 atom stereocenters. The Morgan fingerprint density at radius 2 is 1.78 bits per heavy atom. The van der Waals surface area contributed by atoms with Gasteiger partial charge < -0.3 is 14.1 Å². The Kier molecular flexibility index (Phi) is 7.39. The van der Waals surface area contributed by atoms with E-state index in [1.54, 1.807) is 0 Å². The smallest absolute Gasteiger partial charge is 0.222 e. The SMILES string of the molecule is CN(CCC1CCOCC1)C(=O)CCc1nnc(CCc2ccccc2)o1. The van der Waals surface area contributed by atoms with E-state index in [0.29, 0.717) is 30.5 Å². The van der Waals surface area contributed by atoms with E-state index < -0.39 is 0 Å². The molecule has 6 nitrogen and oxygen atoms in total. The number of rotatable bonds is 9. The highest BCUT2D eigenvalue weighted by atomic mass is 16.5. The van der Waals surface area contributed by atoms with Crippen molar-refractivity contribution in [3.63, 3.8) is 0 Å². The maximum atomic E-state index is 12.3. The monoisotopic (exact) mass is 371 g/mol. The van der Waals surface area contributed by atoms with E-state index in [0.717, 1.165) is 51.9 Å². The molecule has 1 aliphatic rings. The molecule has 1 fully saturated rings. The summed E-state index contributed by atoms with van der Waals surface area (Å²) in [5, 5.41) is 8.18. The lowest BCUT2D eigenvalue weighted by Crippen LogP contribution is -2.30. The van der Waals surface area contributed by atoms with Crippen molar-refractivity contribution in [1.82, 2.24) is 15.1 Å². The van der Waals surface area contributed by atoms with Gasteiger partial charge in [0.25, 0.3) is 0 Å². The molecule has 0 spiro atoms. The summed E-state index contributed by atoms with van der Waals surface area (Å²) >= 11 is 0. The molecule has 1 amide bonds. The fraction of sp³-hybridized carbons (Fsp3) is 0.571. The van der Waals surface area contributed by atoms with Crippen molar-refractivity contribution in [3.05, 3.63) is 47.7 Å². The Labute approximate surface area is 160 Å². The Morgan fingerprint density at radius 1 is 1.07 bits per heavy atom. The molecule has 146 valence electrons. The molecule has 0 saturated carbocycles. The molecule has 0 aliphatic carbocycles. The quantitative estimate of drug-likeness (QED) is 0.678. The summed E-state index contributed by atoms with van der Waals surface area (Å²) in [6.07, 6.45) is 5.76. The molecule has 27 heavy (non-hydrogen) atoms. The number of amides is 1. The average Bonchev–Trinajstić information content (AvgIpc) is 3.18. The molecular formula is C21H29N3O3. The van der Waals surface area contributed by atoms with Crippen LogP contribution in [0.1, 0.15) is 43.0 Å². The minimum Gasteiger partial charge on any atom is -0.425 e. The van der Waals surface area contributed by atoms with Crippen LogP contribution < -0.4 is 0 Å². The van der Waals surface area contributed by atoms with Crippen LogP contribution in [0.15, 0.2) is 34.7 Å². The third kappa shape index (κ3) is 6.47. The molecule has 1 aromatic heterocycles. The van der Waals surface area contributed by atoms with Crippen molar-refractivity contribution in [2.45, 2.75) is 44.9 Å². The zero-order valence-corrected chi connectivity index (χ0v) is 16.1. The summed E-state index contributed by atoms with van der Waals surface area (Å²) in [7, 11) is 1.88. The number of aryl methyl sites for hydroxylation is 3. The number of nitrogens with zero attached hydrogens (tertiary/aromatic N) is 3.